The highest BCUT2D eigenvalue weighted by Gasteiger charge is 2.33. The van der Waals surface area contributed by atoms with Crippen molar-refractivity contribution in [2.24, 2.45) is 0 Å². The zero-order valence-corrected chi connectivity index (χ0v) is 9.47. The highest BCUT2D eigenvalue weighted by Crippen LogP contribution is 2.29. The van der Waals surface area contributed by atoms with E-state index in [-0.39, 0.29) is 11.9 Å². The Morgan fingerprint density at radius 1 is 1.65 bits per heavy atom. The summed E-state index contributed by atoms with van der Waals surface area (Å²) in [5, 5.41) is 8.60. The van der Waals surface area contributed by atoms with Crippen LogP contribution in [0, 0.1) is 11.3 Å². The Balaban J connectivity index is 2.16. The van der Waals surface area contributed by atoms with Crippen molar-refractivity contribution in [2.45, 2.75) is 25.3 Å². The quantitative estimate of drug-likeness (QED) is 0.841. The van der Waals surface area contributed by atoms with Gasteiger partial charge in [0.2, 0.25) is 0 Å². The van der Waals surface area contributed by atoms with E-state index in [2.05, 4.69) is 11.1 Å². The third kappa shape index (κ3) is 2.53. The minimum Gasteiger partial charge on any atom is -0.397 e. The lowest BCUT2D eigenvalue weighted by Gasteiger charge is -2.21. The van der Waals surface area contributed by atoms with Crippen molar-refractivity contribution in [1.29, 1.82) is 5.26 Å². The highest BCUT2D eigenvalue weighted by atomic mass is 16.2. The lowest BCUT2D eigenvalue weighted by Crippen LogP contribution is -2.34. The molecule has 1 aliphatic rings. The summed E-state index contributed by atoms with van der Waals surface area (Å²) in [4.78, 5) is 17.9. The molecule has 1 aliphatic carbocycles. The molecule has 1 saturated carbocycles. The number of nitrogens with zero attached hydrogens (tertiary/aromatic N) is 3. The number of nitriles is 1. The summed E-state index contributed by atoms with van der Waals surface area (Å²) in [6.45, 7) is 0.474. The molecule has 17 heavy (non-hydrogen) atoms. The van der Waals surface area contributed by atoms with Crippen molar-refractivity contribution in [1.82, 2.24) is 9.88 Å². The number of nitrogen functional groups attached to an aromatic ring is 1. The Labute approximate surface area is 99.9 Å². The van der Waals surface area contributed by atoms with Crippen LogP contribution in [0.4, 0.5) is 5.69 Å². The lowest BCUT2D eigenvalue weighted by atomic mass is 10.2. The maximum absolute atomic E-state index is 12.3. The van der Waals surface area contributed by atoms with Crippen LogP contribution in [0.1, 0.15) is 29.6 Å². The first-order chi connectivity index (χ1) is 8.24. The standard InChI is InChI=1S/C12H14N4O/c13-5-1-7-16(9-2-3-9)12(17)10-4-6-15-8-11(10)14/h4,6,8-9H,1-3,7,14H2. The van der Waals surface area contributed by atoms with Crippen LogP contribution in [0.3, 0.4) is 0 Å². The number of hydrogen-bond acceptors (Lipinski definition) is 4. The van der Waals surface area contributed by atoms with E-state index in [0.717, 1.165) is 12.8 Å². The third-order valence-electron chi connectivity index (χ3n) is 2.80. The average Bonchev–Trinajstić information content (AvgIpc) is 3.14. The van der Waals surface area contributed by atoms with Gasteiger partial charge in [0.15, 0.2) is 0 Å². The number of hydrogen-bond donors (Lipinski definition) is 1. The number of amides is 1. The van der Waals surface area contributed by atoms with Crippen LogP contribution in [0.2, 0.25) is 0 Å². The molecule has 1 aromatic heterocycles. The highest BCUT2D eigenvalue weighted by molar-refractivity contribution is 5.99. The molecule has 2 N–H and O–H groups in total. The molecule has 2 rings (SSSR count). The smallest absolute Gasteiger partial charge is 0.256 e. The zero-order chi connectivity index (χ0) is 12.3. The topological polar surface area (TPSA) is 83.0 Å². The molecule has 0 radical (unpaired) electrons. The number of rotatable bonds is 4. The van der Waals surface area contributed by atoms with Gasteiger partial charge in [0.25, 0.3) is 5.91 Å². The summed E-state index contributed by atoms with van der Waals surface area (Å²) in [6, 6.07) is 3.97. The fourth-order valence-electron chi connectivity index (χ4n) is 1.76. The second-order valence-corrected chi connectivity index (χ2v) is 4.10. The van der Waals surface area contributed by atoms with Gasteiger partial charge >= 0.3 is 0 Å². The van der Waals surface area contributed by atoms with Crippen LogP contribution in [-0.4, -0.2) is 28.4 Å². The van der Waals surface area contributed by atoms with E-state index >= 15 is 0 Å². The first kappa shape index (κ1) is 11.4. The predicted molar refractivity (Wildman–Crippen MR) is 62.9 cm³/mol. The van der Waals surface area contributed by atoms with E-state index < -0.39 is 0 Å². The number of anilines is 1. The van der Waals surface area contributed by atoms with Crippen molar-refractivity contribution >= 4 is 11.6 Å². The van der Waals surface area contributed by atoms with Crippen LogP contribution in [0.25, 0.3) is 0 Å². The monoisotopic (exact) mass is 230 g/mol. The molecule has 1 amide bonds. The molecule has 0 saturated heterocycles. The summed E-state index contributed by atoms with van der Waals surface area (Å²) in [7, 11) is 0. The summed E-state index contributed by atoms with van der Waals surface area (Å²) < 4.78 is 0. The van der Waals surface area contributed by atoms with Gasteiger partial charge in [0, 0.05) is 18.8 Å². The van der Waals surface area contributed by atoms with Gasteiger partial charge in [0.1, 0.15) is 0 Å². The van der Waals surface area contributed by atoms with Gasteiger partial charge in [-0.05, 0) is 18.9 Å². The molecule has 88 valence electrons. The largest absolute Gasteiger partial charge is 0.397 e. The number of aromatic nitrogens is 1. The molecule has 0 aliphatic heterocycles. The molecule has 5 nitrogen and oxygen atoms in total. The van der Waals surface area contributed by atoms with Crippen LogP contribution >= 0.6 is 0 Å². The van der Waals surface area contributed by atoms with Gasteiger partial charge in [-0.15, -0.1) is 0 Å². The molecule has 0 unspecified atom stereocenters. The molecule has 1 fully saturated rings. The zero-order valence-electron chi connectivity index (χ0n) is 9.47. The van der Waals surface area contributed by atoms with Gasteiger partial charge in [-0.3, -0.25) is 9.78 Å². The number of carbonyl (C=O) groups excluding carboxylic acids is 1. The SMILES string of the molecule is N#CCCN(C(=O)c1ccncc1N)C1CC1. The summed E-state index contributed by atoms with van der Waals surface area (Å²) in [6.07, 6.45) is 5.42. The van der Waals surface area contributed by atoms with Crippen molar-refractivity contribution < 1.29 is 4.79 Å². The Morgan fingerprint density at radius 3 is 3.00 bits per heavy atom. The van der Waals surface area contributed by atoms with Gasteiger partial charge < -0.3 is 10.6 Å². The predicted octanol–water partition coefficient (Wildman–Crippen LogP) is 1.18. The Bertz CT molecular complexity index is 462. The van der Waals surface area contributed by atoms with E-state index in [0.29, 0.717) is 24.2 Å². The van der Waals surface area contributed by atoms with E-state index in [1.807, 2.05) is 0 Å². The average molecular weight is 230 g/mol. The molecule has 1 aromatic rings. The van der Waals surface area contributed by atoms with Crippen molar-refractivity contribution in [3.05, 3.63) is 24.0 Å². The van der Waals surface area contributed by atoms with Crippen LogP contribution in [0.15, 0.2) is 18.5 Å². The Kier molecular flexibility index (Phi) is 3.24. The maximum Gasteiger partial charge on any atom is 0.256 e. The minimum absolute atomic E-state index is 0.0948. The molecular formula is C12H14N4O. The van der Waals surface area contributed by atoms with Crippen molar-refractivity contribution in [3.8, 4) is 6.07 Å². The number of carbonyl (C=O) groups is 1. The van der Waals surface area contributed by atoms with Gasteiger partial charge in [-0.2, -0.15) is 5.26 Å². The first-order valence-corrected chi connectivity index (χ1v) is 5.61. The summed E-state index contributed by atoms with van der Waals surface area (Å²) >= 11 is 0. The molecule has 0 bridgehead atoms. The van der Waals surface area contributed by atoms with Gasteiger partial charge in [-0.1, -0.05) is 0 Å². The minimum atomic E-state index is -0.0948. The fraction of sp³-hybridized carbons (Fsp3) is 0.417. The van der Waals surface area contributed by atoms with E-state index in [1.54, 1.807) is 17.2 Å². The van der Waals surface area contributed by atoms with E-state index in [4.69, 9.17) is 11.0 Å². The lowest BCUT2D eigenvalue weighted by molar-refractivity contribution is 0.0748. The maximum atomic E-state index is 12.3. The van der Waals surface area contributed by atoms with Crippen LogP contribution in [0.5, 0.6) is 0 Å². The summed E-state index contributed by atoms with van der Waals surface area (Å²) in [5.74, 6) is -0.0948. The molecule has 0 atom stereocenters. The number of pyridine rings is 1. The van der Waals surface area contributed by atoms with Crippen molar-refractivity contribution in [3.63, 3.8) is 0 Å². The fourth-order valence-corrected chi connectivity index (χ4v) is 1.76. The Morgan fingerprint density at radius 2 is 2.41 bits per heavy atom. The van der Waals surface area contributed by atoms with Gasteiger partial charge in [-0.25, -0.2) is 0 Å². The second-order valence-electron chi connectivity index (χ2n) is 4.10. The third-order valence-corrected chi connectivity index (χ3v) is 2.80. The number of nitrogens with two attached hydrogens (primary N) is 1. The molecule has 0 aromatic carbocycles. The first-order valence-electron chi connectivity index (χ1n) is 5.61. The molecule has 1 heterocycles. The van der Waals surface area contributed by atoms with Crippen LogP contribution < -0.4 is 5.73 Å². The van der Waals surface area contributed by atoms with Crippen LogP contribution in [-0.2, 0) is 0 Å². The molecular weight excluding hydrogens is 216 g/mol. The van der Waals surface area contributed by atoms with Gasteiger partial charge in [0.05, 0.1) is 29.9 Å². The van der Waals surface area contributed by atoms with E-state index in [1.165, 1.54) is 6.20 Å². The molecule has 0 spiro atoms. The Hall–Kier alpha value is -2.09. The van der Waals surface area contributed by atoms with Crippen molar-refractivity contribution in [2.75, 3.05) is 12.3 Å². The molecule has 5 heteroatoms. The van der Waals surface area contributed by atoms with E-state index in [9.17, 15) is 4.79 Å². The summed E-state index contributed by atoms with van der Waals surface area (Å²) in [5.41, 5.74) is 6.60. The normalized spacial score (nSPS) is 14.1. The second kappa shape index (κ2) is 4.83.